The van der Waals surface area contributed by atoms with E-state index in [1.165, 1.54) is 5.56 Å². The number of ketones is 1. The van der Waals surface area contributed by atoms with Gasteiger partial charge in [0.1, 0.15) is 0 Å². The van der Waals surface area contributed by atoms with Gasteiger partial charge < -0.3 is 4.90 Å². The van der Waals surface area contributed by atoms with Crippen molar-refractivity contribution in [1.29, 1.82) is 0 Å². The lowest BCUT2D eigenvalue weighted by Crippen LogP contribution is -2.39. The summed E-state index contributed by atoms with van der Waals surface area (Å²) < 4.78 is 1.97. The number of piperidine rings is 1. The quantitative estimate of drug-likeness (QED) is 0.571. The van der Waals surface area contributed by atoms with Crippen LogP contribution in [0.25, 0.3) is 11.1 Å². The summed E-state index contributed by atoms with van der Waals surface area (Å²) in [7, 11) is 0. The van der Waals surface area contributed by atoms with E-state index in [9.17, 15) is 4.79 Å². The van der Waals surface area contributed by atoms with Crippen molar-refractivity contribution in [2.24, 2.45) is 5.92 Å². The van der Waals surface area contributed by atoms with Crippen molar-refractivity contribution in [2.45, 2.75) is 25.8 Å². The van der Waals surface area contributed by atoms with Crippen LogP contribution in [0.15, 0.2) is 73.1 Å². The van der Waals surface area contributed by atoms with Gasteiger partial charge in [0.15, 0.2) is 5.78 Å². The number of aryl methyl sites for hydroxylation is 1. The molecular formula is C24H27N3O. The summed E-state index contributed by atoms with van der Waals surface area (Å²) in [6.07, 6.45) is 6.98. The van der Waals surface area contributed by atoms with E-state index in [-0.39, 0.29) is 11.7 Å². The maximum absolute atomic E-state index is 13.0. The van der Waals surface area contributed by atoms with Crippen molar-refractivity contribution in [3.63, 3.8) is 0 Å². The van der Waals surface area contributed by atoms with Gasteiger partial charge in [-0.05, 0) is 49.5 Å². The molecule has 1 aliphatic rings. The van der Waals surface area contributed by atoms with E-state index >= 15 is 0 Å². The van der Waals surface area contributed by atoms with Crippen molar-refractivity contribution >= 4 is 5.78 Å². The topological polar surface area (TPSA) is 38.1 Å². The third-order valence-electron chi connectivity index (χ3n) is 5.57. The highest BCUT2D eigenvalue weighted by Gasteiger charge is 2.26. The normalized spacial score (nSPS) is 17.5. The zero-order valence-corrected chi connectivity index (χ0v) is 16.2. The molecule has 1 fully saturated rings. The molecule has 2 aromatic carbocycles. The third-order valence-corrected chi connectivity index (χ3v) is 5.57. The van der Waals surface area contributed by atoms with Gasteiger partial charge in [-0.25, -0.2) is 0 Å². The fraction of sp³-hybridized carbons (Fsp3) is 0.333. The highest BCUT2D eigenvalue weighted by molar-refractivity contribution is 5.98. The van der Waals surface area contributed by atoms with Crippen molar-refractivity contribution < 1.29 is 4.79 Å². The predicted octanol–water partition coefficient (Wildman–Crippen LogP) is 4.54. The van der Waals surface area contributed by atoms with E-state index in [1.807, 2.05) is 53.5 Å². The maximum Gasteiger partial charge on any atom is 0.167 e. The van der Waals surface area contributed by atoms with Crippen molar-refractivity contribution in [1.82, 2.24) is 14.7 Å². The molecule has 4 heteroatoms. The molecule has 144 valence electrons. The summed E-state index contributed by atoms with van der Waals surface area (Å²) in [4.78, 5) is 15.5. The Kier molecular flexibility index (Phi) is 5.98. The van der Waals surface area contributed by atoms with E-state index in [4.69, 9.17) is 0 Å². The van der Waals surface area contributed by atoms with E-state index < -0.39 is 0 Å². The number of hydrogen-bond donors (Lipinski definition) is 0. The summed E-state index contributed by atoms with van der Waals surface area (Å²) in [6, 6.07) is 20.3. The summed E-state index contributed by atoms with van der Waals surface area (Å²) in [6.45, 7) is 3.92. The minimum absolute atomic E-state index is 0.112. The van der Waals surface area contributed by atoms with Crippen LogP contribution in [0.5, 0.6) is 0 Å². The highest BCUT2D eigenvalue weighted by Crippen LogP contribution is 2.24. The number of benzene rings is 2. The minimum atomic E-state index is 0.112. The molecule has 0 amide bonds. The Hall–Kier alpha value is -2.72. The largest absolute Gasteiger partial charge is 0.303 e. The Morgan fingerprint density at radius 1 is 0.964 bits per heavy atom. The summed E-state index contributed by atoms with van der Waals surface area (Å²) in [5.41, 5.74) is 3.17. The van der Waals surface area contributed by atoms with Gasteiger partial charge in [-0.1, -0.05) is 54.6 Å². The number of aromatic nitrogens is 2. The molecule has 0 aliphatic carbocycles. The van der Waals surface area contributed by atoms with Gasteiger partial charge in [0.2, 0.25) is 0 Å². The number of Topliss-reactive ketones (excluding diaryl/α,β-unsaturated/α-hetero) is 1. The first-order chi connectivity index (χ1) is 13.8. The second-order valence-electron chi connectivity index (χ2n) is 7.57. The molecule has 4 nitrogen and oxygen atoms in total. The number of likely N-dealkylation sites (tertiary alicyclic amines) is 1. The number of carbonyl (C=O) groups is 1. The minimum Gasteiger partial charge on any atom is -0.303 e. The molecule has 3 aromatic rings. The molecule has 28 heavy (non-hydrogen) atoms. The Morgan fingerprint density at radius 3 is 2.50 bits per heavy atom. The molecule has 0 unspecified atom stereocenters. The molecule has 1 atom stereocenters. The Morgan fingerprint density at radius 2 is 1.75 bits per heavy atom. The van der Waals surface area contributed by atoms with Gasteiger partial charge in [0.05, 0.1) is 0 Å². The lowest BCUT2D eigenvalue weighted by atomic mass is 9.89. The third kappa shape index (κ3) is 4.57. The Labute approximate surface area is 166 Å². The van der Waals surface area contributed by atoms with Gasteiger partial charge in [0.25, 0.3) is 0 Å². The summed E-state index contributed by atoms with van der Waals surface area (Å²) in [5.74, 6) is 0.400. The summed E-state index contributed by atoms with van der Waals surface area (Å²) >= 11 is 0. The van der Waals surface area contributed by atoms with Crippen LogP contribution in [-0.2, 0) is 6.54 Å². The lowest BCUT2D eigenvalue weighted by molar-refractivity contribution is 0.0817. The summed E-state index contributed by atoms with van der Waals surface area (Å²) in [5, 5.41) is 4.25. The zero-order chi connectivity index (χ0) is 19.2. The van der Waals surface area contributed by atoms with E-state index in [2.05, 4.69) is 34.3 Å². The zero-order valence-electron chi connectivity index (χ0n) is 16.2. The van der Waals surface area contributed by atoms with Crippen LogP contribution in [0.3, 0.4) is 0 Å². The first kappa shape index (κ1) is 18.6. The second kappa shape index (κ2) is 8.98. The maximum atomic E-state index is 13.0. The van der Waals surface area contributed by atoms with Crippen LogP contribution < -0.4 is 0 Å². The van der Waals surface area contributed by atoms with Gasteiger partial charge >= 0.3 is 0 Å². The van der Waals surface area contributed by atoms with Crippen LogP contribution in [0.4, 0.5) is 0 Å². The molecule has 0 N–H and O–H groups in total. The van der Waals surface area contributed by atoms with E-state index in [0.717, 1.165) is 56.6 Å². The molecule has 1 saturated heterocycles. The lowest BCUT2D eigenvalue weighted by Gasteiger charge is -2.32. The number of carbonyl (C=O) groups excluding carboxylic acids is 1. The Bertz CT molecular complexity index is 872. The van der Waals surface area contributed by atoms with Gasteiger partial charge in [-0.3, -0.25) is 9.48 Å². The first-order valence-electron chi connectivity index (χ1n) is 10.2. The SMILES string of the molecule is O=C(c1ccc(-c2ccccc2)cc1)[C@@H]1CCCN(CCCn2cccn2)C1. The predicted molar refractivity (Wildman–Crippen MR) is 112 cm³/mol. The van der Waals surface area contributed by atoms with Crippen molar-refractivity contribution in [2.75, 3.05) is 19.6 Å². The monoisotopic (exact) mass is 373 g/mol. The molecule has 0 saturated carbocycles. The fourth-order valence-corrected chi connectivity index (χ4v) is 4.05. The van der Waals surface area contributed by atoms with E-state index in [1.54, 1.807) is 0 Å². The van der Waals surface area contributed by atoms with E-state index in [0.29, 0.717) is 0 Å². The smallest absolute Gasteiger partial charge is 0.167 e. The average Bonchev–Trinajstić information content (AvgIpc) is 3.28. The molecular weight excluding hydrogens is 346 g/mol. The number of nitrogens with zero attached hydrogens (tertiary/aromatic N) is 3. The second-order valence-corrected chi connectivity index (χ2v) is 7.57. The van der Waals surface area contributed by atoms with Crippen molar-refractivity contribution in [3.8, 4) is 11.1 Å². The molecule has 0 radical (unpaired) electrons. The number of rotatable bonds is 7. The van der Waals surface area contributed by atoms with Crippen LogP contribution in [-0.4, -0.2) is 40.1 Å². The molecule has 4 rings (SSSR count). The van der Waals surface area contributed by atoms with Gasteiger partial charge in [0, 0.05) is 37.0 Å². The van der Waals surface area contributed by atoms with Crippen molar-refractivity contribution in [3.05, 3.63) is 78.6 Å². The fourth-order valence-electron chi connectivity index (χ4n) is 4.05. The average molecular weight is 374 g/mol. The van der Waals surface area contributed by atoms with Crippen LogP contribution in [0, 0.1) is 5.92 Å². The first-order valence-corrected chi connectivity index (χ1v) is 10.2. The van der Waals surface area contributed by atoms with Crippen LogP contribution in [0.1, 0.15) is 29.6 Å². The standard InChI is InChI=1S/C24H27N3O/c28-24(22-12-10-21(11-13-22)20-7-2-1-3-8-20)23-9-4-15-26(19-23)16-6-18-27-17-5-14-25-27/h1-3,5,7-8,10-14,17,23H,4,6,9,15-16,18-19H2/t23-/m1/s1. The molecule has 0 bridgehead atoms. The highest BCUT2D eigenvalue weighted by atomic mass is 16.1. The number of hydrogen-bond acceptors (Lipinski definition) is 3. The Balaban J connectivity index is 1.33. The van der Waals surface area contributed by atoms with Crippen LogP contribution >= 0.6 is 0 Å². The molecule has 2 heterocycles. The van der Waals surface area contributed by atoms with Crippen LogP contribution in [0.2, 0.25) is 0 Å². The van der Waals surface area contributed by atoms with Gasteiger partial charge in [-0.15, -0.1) is 0 Å². The molecule has 1 aliphatic heterocycles. The molecule has 0 spiro atoms. The molecule has 1 aromatic heterocycles. The van der Waals surface area contributed by atoms with Gasteiger partial charge in [-0.2, -0.15) is 5.10 Å².